The summed E-state index contributed by atoms with van der Waals surface area (Å²) in [5.41, 5.74) is 3.53. The lowest BCUT2D eigenvalue weighted by molar-refractivity contribution is 0.405. The smallest absolute Gasteiger partial charge is 0.124 e. The first-order valence-electron chi connectivity index (χ1n) is 6.33. The number of hydrogen-bond donors (Lipinski definition) is 1. The van der Waals surface area contributed by atoms with Gasteiger partial charge in [-0.05, 0) is 72.0 Å². The Kier molecular flexibility index (Phi) is 5.46. The van der Waals surface area contributed by atoms with Gasteiger partial charge in [-0.25, -0.2) is 0 Å². The van der Waals surface area contributed by atoms with E-state index < -0.39 is 0 Å². The molecule has 0 aliphatic carbocycles. The molecule has 0 aliphatic heterocycles. The normalized spacial score (nSPS) is 12.2. The summed E-state index contributed by atoms with van der Waals surface area (Å²) in [5, 5.41) is 3.38. The molecule has 0 aromatic heterocycles. The molecule has 1 unspecified atom stereocenters. The number of ether oxygens (including phenoxy) is 1. The van der Waals surface area contributed by atoms with E-state index in [2.05, 4.69) is 87.2 Å². The minimum atomic E-state index is 0.108. The molecule has 2 nitrogen and oxygen atoms in total. The molecule has 2 aromatic carbocycles. The van der Waals surface area contributed by atoms with Gasteiger partial charge in [-0.15, -0.1) is 0 Å². The van der Waals surface area contributed by atoms with Crippen LogP contribution < -0.4 is 10.1 Å². The van der Waals surface area contributed by atoms with Gasteiger partial charge in [0.25, 0.3) is 0 Å². The van der Waals surface area contributed by atoms with Gasteiger partial charge in [-0.3, -0.25) is 0 Å². The van der Waals surface area contributed by atoms with Gasteiger partial charge in [0.1, 0.15) is 5.75 Å². The van der Waals surface area contributed by atoms with Crippen molar-refractivity contribution in [2.45, 2.75) is 13.0 Å². The monoisotopic (exact) mass is 445 g/mol. The van der Waals surface area contributed by atoms with Gasteiger partial charge in [0.05, 0.1) is 13.2 Å². The van der Waals surface area contributed by atoms with E-state index in [9.17, 15) is 0 Å². The zero-order valence-corrected chi connectivity index (χ0v) is 15.4. The van der Waals surface area contributed by atoms with E-state index in [0.29, 0.717) is 0 Å². The summed E-state index contributed by atoms with van der Waals surface area (Å²) in [6, 6.07) is 12.8. The van der Waals surface area contributed by atoms with Crippen molar-refractivity contribution in [3.8, 4) is 5.75 Å². The molecule has 4 heteroatoms. The lowest BCUT2D eigenvalue weighted by Gasteiger charge is -2.21. The highest BCUT2D eigenvalue weighted by atomic mass is 127. The molecular weight excluding hydrogens is 429 g/mol. The van der Waals surface area contributed by atoms with Crippen LogP contribution in [-0.4, -0.2) is 14.2 Å². The summed E-state index contributed by atoms with van der Waals surface area (Å²) in [6.07, 6.45) is 0. The predicted octanol–water partition coefficient (Wildman–Crippen LogP) is 4.68. The first kappa shape index (κ1) is 15.8. The summed E-state index contributed by atoms with van der Waals surface area (Å²) in [4.78, 5) is 0. The van der Waals surface area contributed by atoms with Gasteiger partial charge < -0.3 is 10.1 Å². The minimum Gasteiger partial charge on any atom is -0.496 e. The number of halogens is 2. The Bertz CT molecular complexity index is 615. The van der Waals surface area contributed by atoms with Crippen molar-refractivity contribution < 1.29 is 4.74 Å². The maximum atomic E-state index is 5.55. The van der Waals surface area contributed by atoms with Gasteiger partial charge in [-0.1, -0.05) is 28.1 Å². The Labute approximate surface area is 142 Å². The first-order chi connectivity index (χ1) is 9.56. The van der Waals surface area contributed by atoms with Crippen LogP contribution >= 0.6 is 38.5 Å². The van der Waals surface area contributed by atoms with Crippen LogP contribution in [0.15, 0.2) is 40.9 Å². The molecule has 2 rings (SSSR count). The number of nitrogens with one attached hydrogen (secondary N) is 1. The van der Waals surface area contributed by atoms with Crippen LogP contribution in [0.2, 0.25) is 0 Å². The molecule has 0 amide bonds. The van der Waals surface area contributed by atoms with E-state index in [4.69, 9.17) is 4.74 Å². The van der Waals surface area contributed by atoms with Crippen LogP contribution in [-0.2, 0) is 0 Å². The molecule has 0 heterocycles. The zero-order chi connectivity index (χ0) is 14.7. The van der Waals surface area contributed by atoms with Crippen LogP contribution in [0.1, 0.15) is 22.7 Å². The number of benzene rings is 2. The van der Waals surface area contributed by atoms with Crippen LogP contribution in [0.25, 0.3) is 0 Å². The maximum Gasteiger partial charge on any atom is 0.124 e. The molecule has 2 aromatic rings. The van der Waals surface area contributed by atoms with E-state index in [0.717, 1.165) is 15.8 Å². The summed E-state index contributed by atoms with van der Waals surface area (Å²) in [6.45, 7) is 2.07. The van der Waals surface area contributed by atoms with Crippen LogP contribution in [0, 0.1) is 10.5 Å². The van der Waals surface area contributed by atoms with Crippen molar-refractivity contribution in [2.24, 2.45) is 0 Å². The van der Waals surface area contributed by atoms with Gasteiger partial charge in [-0.2, -0.15) is 0 Å². The molecule has 0 fully saturated rings. The third-order valence-electron chi connectivity index (χ3n) is 3.29. The number of methoxy groups -OCH3 is 1. The first-order valence-corrected chi connectivity index (χ1v) is 8.20. The molecule has 0 aliphatic rings. The van der Waals surface area contributed by atoms with Gasteiger partial charge in [0.15, 0.2) is 0 Å². The molecule has 0 saturated heterocycles. The van der Waals surface area contributed by atoms with Crippen molar-refractivity contribution >= 4 is 38.5 Å². The molecule has 106 valence electrons. The second kappa shape index (κ2) is 6.91. The fourth-order valence-corrected chi connectivity index (χ4v) is 3.19. The van der Waals surface area contributed by atoms with Crippen LogP contribution in [0.4, 0.5) is 0 Å². The molecule has 1 atom stereocenters. The fourth-order valence-electron chi connectivity index (χ4n) is 2.26. The van der Waals surface area contributed by atoms with Crippen LogP contribution in [0.3, 0.4) is 0 Å². The zero-order valence-electron chi connectivity index (χ0n) is 11.7. The third kappa shape index (κ3) is 3.35. The number of aryl methyl sites for hydroxylation is 1. The molecule has 0 spiro atoms. The summed E-state index contributed by atoms with van der Waals surface area (Å²) in [7, 11) is 3.69. The van der Waals surface area contributed by atoms with Gasteiger partial charge in [0, 0.05) is 13.6 Å². The Morgan fingerprint density at radius 1 is 1.25 bits per heavy atom. The Balaban J connectivity index is 2.54. The SMILES string of the molecule is CNC(c1cccc(I)c1)c1cc(Br)c(C)cc1OC. The van der Waals surface area contributed by atoms with Crippen molar-refractivity contribution in [3.05, 3.63) is 61.1 Å². The second-order valence-electron chi connectivity index (χ2n) is 4.62. The fraction of sp³-hybridized carbons (Fsp3) is 0.250. The largest absolute Gasteiger partial charge is 0.496 e. The highest BCUT2D eigenvalue weighted by molar-refractivity contribution is 14.1. The third-order valence-corrected chi connectivity index (χ3v) is 4.82. The Morgan fingerprint density at radius 2 is 2.00 bits per heavy atom. The average molecular weight is 446 g/mol. The predicted molar refractivity (Wildman–Crippen MR) is 95.5 cm³/mol. The lowest BCUT2D eigenvalue weighted by atomic mass is 9.97. The number of hydrogen-bond acceptors (Lipinski definition) is 2. The molecule has 20 heavy (non-hydrogen) atoms. The number of rotatable bonds is 4. The quantitative estimate of drug-likeness (QED) is 0.690. The van der Waals surface area contributed by atoms with E-state index >= 15 is 0 Å². The van der Waals surface area contributed by atoms with Gasteiger partial charge in [0.2, 0.25) is 0 Å². The van der Waals surface area contributed by atoms with E-state index in [1.165, 1.54) is 14.7 Å². The van der Waals surface area contributed by atoms with Crippen molar-refractivity contribution in [1.82, 2.24) is 5.32 Å². The van der Waals surface area contributed by atoms with E-state index in [-0.39, 0.29) is 6.04 Å². The van der Waals surface area contributed by atoms with Gasteiger partial charge >= 0.3 is 0 Å². The van der Waals surface area contributed by atoms with Crippen molar-refractivity contribution in [1.29, 1.82) is 0 Å². The Hall–Kier alpha value is -0.590. The molecule has 1 N–H and O–H groups in total. The summed E-state index contributed by atoms with van der Waals surface area (Å²) < 4.78 is 7.88. The second-order valence-corrected chi connectivity index (χ2v) is 6.72. The highest BCUT2D eigenvalue weighted by Crippen LogP contribution is 2.34. The molecule has 0 saturated carbocycles. The average Bonchev–Trinajstić information content (AvgIpc) is 2.43. The highest BCUT2D eigenvalue weighted by Gasteiger charge is 2.18. The minimum absolute atomic E-state index is 0.108. The van der Waals surface area contributed by atoms with Crippen molar-refractivity contribution in [2.75, 3.05) is 14.2 Å². The summed E-state index contributed by atoms with van der Waals surface area (Å²) >= 11 is 5.95. The topological polar surface area (TPSA) is 21.3 Å². The van der Waals surface area contributed by atoms with E-state index in [1.807, 2.05) is 7.05 Å². The standard InChI is InChI=1S/C16H17BrINO/c1-10-7-15(20-3)13(9-14(10)17)16(19-2)11-5-4-6-12(18)8-11/h4-9,16,19H,1-3H3. The van der Waals surface area contributed by atoms with Crippen LogP contribution in [0.5, 0.6) is 5.75 Å². The maximum absolute atomic E-state index is 5.55. The lowest BCUT2D eigenvalue weighted by Crippen LogP contribution is -2.18. The molecular formula is C16H17BrINO. The van der Waals surface area contributed by atoms with Crippen molar-refractivity contribution in [3.63, 3.8) is 0 Å². The Morgan fingerprint density at radius 3 is 2.60 bits per heavy atom. The molecule has 0 radical (unpaired) electrons. The molecule has 0 bridgehead atoms. The van der Waals surface area contributed by atoms with E-state index in [1.54, 1.807) is 7.11 Å². The summed E-state index contributed by atoms with van der Waals surface area (Å²) in [5.74, 6) is 0.906.